The minimum absolute atomic E-state index is 0.00898. The Hall–Kier alpha value is -3.09. The van der Waals surface area contributed by atoms with Crippen molar-refractivity contribution in [3.8, 4) is 5.75 Å². The fourth-order valence-electron chi connectivity index (χ4n) is 2.51. The summed E-state index contributed by atoms with van der Waals surface area (Å²) in [6.45, 7) is 2.18. The standard InChI is InChI=1S/C18H21N3O4/c1-13(14-7-3-6-10-17(14)25-2)20-18(22)11-12-19-15-8-4-5-9-16(15)21(23)24/h3-10,13,19H,11-12H2,1-2H3,(H,20,22). The van der Waals surface area contributed by atoms with E-state index in [1.807, 2.05) is 31.2 Å². The Balaban J connectivity index is 1.88. The minimum Gasteiger partial charge on any atom is -0.496 e. The van der Waals surface area contributed by atoms with Gasteiger partial charge in [0.25, 0.3) is 5.69 Å². The van der Waals surface area contributed by atoms with Gasteiger partial charge in [-0.05, 0) is 19.1 Å². The van der Waals surface area contributed by atoms with Crippen molar-refractivity contribution in [1.82, 2.24) is 5.32 Å². The van der Waals surface area contributed by atoms with Crippen LogP contribution in [0.2, 0.25) is 0 Å². The van der Waals surface area contributed by atoms with E-state index in [9.17, 15) is 14.9 Å². The van der Waals surface area contributed by atoms with Crippen LogP contribution in [0.5, 0.6) is 5.75 Å². The van der Waals surface area contributed by atoms with E-state index < -0.39 is 4.92 Å². The highest BCUT2D eigenvalue weighted by Crippen LogP contribution is 2.25. The first-order chi connectivity index (χ1) is 12.0. The molecule has 0 aromatic heterocycles. The number of anilines is 1. The van der Waals surface area contributed by atoms with Gasteiger partial charge in [-0.25, -0.2) is 0 Å². The lowest BCUT2D eigenvalue weighted by molar-refractivity contribution is -0.384. The number of methoxy groups -OCH3 is 1. The van der Waals surface area contributed by atoms with E-state index in [2.05, 4.69) is 10.6 Å². The molecule has 25 heavy (non-hydrogen) atoms. The van der Waals surface area contributed by atoms with Crippen molar-refractivity contribution in [2.45, 2.75) is 19.4 Å². The van der Waals surface area contributed by atoms with Gasteiger partial charge in [-0.15, -0.1) is 0 Å². The number of ether oxygens (including phenoxy) is 1. The van der Waals surface area contributed by atoms with Gasteiger partial charge in [-0.3, -0.25) is 14.9 Å². The maximum absolute atomic E-state index is 12.1. The summed E-state index contributed by atoms with van der Waals surface area (Å²) in [6, 6.07) is 13.6. The lowest BCUT2D eigenvalue weighted by Gasteiger charge is -2.17. The van der Waals surface area contributed by atoms with Crippen molar-refractivity contribution in [2.24, 2.45) is 0 Å². The van der Waals surface area contributed by atoms with Gasteiger partial charge in [0.1, 0.15) is 11.4 Å². The van der Waals surface area contributed by atoms with Gasteiger partial charge in [0.15, 0.2) is 0 Å². The first-order valence-corrected chi connectivity index (χ1v) is 7.92. The predicted octanol–water partition coefficient (Wildman–Crippen LogP) is 3.28. The van der Waals surface area contributed by atoms with Gasteiger partial charge in [0, 0.05) is 24.6 Å². The number of nitro groups is 1. The van der Waals surface area contributed by atoms with Crippen LogP contribution in [-0.2, 0) is 4.79 Å². The molecule has 0 aliphatic heterocycles. The molecule has 0 spiro atoms. The van der Waals surface area contributed by atoms with Gasteiger partial charge in [-0.2, -0.15) is 0 Å². The van der Waals surface area contributed by atoms with Crippen molar-refractivity contribution in [2.75, 3.05) is 19.0 Å². The monoisotopic (exact) mass is 343 g/mol. The Morgan fingerprint density at radius 3 is 2.60 bits per heavy atom. The third-order valence-corrected chi connectivity index (χ3v) is 3.75. The molecule has 1 amide bonds. The molecule has 7 nitrogen and oxygen atoms in total. The molecule has 132 valence electrons. The molecular weight excluding hydrogens is 322 g/mol. The number of hydrogen-bond donors (Lipinski definition) is 2. The molecule has 0 heterocycles. The molecular formula is C18H21N3O4. The van der Waals surface area contributed by atoms with E-state index in [1.165, 1.54) is 6.07 Å². The molecule has 2 rings (SSSR count). The maximum atomic E-state index is 12.1. The number of benzene rings is 2. The average Bonchev–Trinajstić information content (AvgIpc) is 2.61. The van der Waals surface area contributed by atoms with Crippen LogP contribution in [0, 0.1) is 10.1 Å². The summed E-state index contributed by atoms with van der Waals surface area (Å²) in [5, 5.41) is 16.8. The highest BCUT2D eigenvalue weighted by Gasteiger charge is 2.15. The van der Waals surface area contributed by atoms with Crippen molar-refractivity contribution in [3.05, 3.63) is 64.2 Å². The topological polar surface area (TPSA) is 93.5 Å². The quantitative estimate of drug-likeness (QED) is 0.567. The number of carbonyl (C=O) groups is 1. The third kappa shape index (κ3) is 4.94. The lowest BCUT2D eigenvalue weighted by atomic mass is 10.1. The second kappa shape index (κ2) is 8.68. The van der Waals surface area contributed by atoms with Crippen LogP contribution >= 0.6 is 0 Å². The van der Waals surface area contributed by atoms with Crippen molar-refractivity contribution in [1.29, 1.82) is 0 Å². The summed E-state index contributed by atoms with van der Waals surface area (Å²) in [7, 11) is 1.59. The van der Waals surface area contributed by atoms with Gasteiger partial charge in [0.05, 0.1) is 18.1 Å². The number of nitro benzene ring substituents is 1. The number of amides is 1. The van der Waals surface area contributed by atoms with E-state index >= 15 is 0 Å². The third-order valence-electron chi connectivity index (χ3n) is 3.75. The summed E-state index contributed by atoms with van der Waals surface area (Å²) in [6.07, 6.45) is 0.200. The molecule has 0 bridgehead atoms. The Labute approximate surface area is 146 Å². The highest BCUT2D eigenvalue weighted by atomic mass is 16.6. The molecule has 2 aromatic rings. The molecule has 0 fully saturated rings. The lowest BCUT2D eigenvalue weighted by Crippen LogP contribution is -2.28. The fourth-order valence-corrected chi connectivity index (χ4v) is 2.51. The zero-order valence-corrected chi connectivity index (χ0v) is 14.2. The van der Waals surface area contributed by atoms with Crippen LogP contribution < -0.4 is 15.4 Å². The summed E-state index contributed by atoms with van der Waals surface area (Å²) in [5.41, 5.74) is 1.29. The molecule has 7 heteroatoms. The fraction of sp³-hybridized carbons (Fsp3) is 0.278. The van der Waals surface area contributed by atoms with Crippen LogP contribution in [0.25, 0.3) is 0 Å². The van der Waals surface area contributed by atoms with Crippen molar-refractivity contribution < 1.29 is 14.5 Å². The second-order valence-electron chi connectivity index (χ2n) is 5.48. The Kier molecular flexibility index (Phi) is 6.33. The molecule has 0 saturated heterocycles. The van der Waals surface area contributed by atoms with Crippen LogP contribution in [-0.4, -0.2) is 24.5 Å². The number of nitrogens with one attached hydrogen (secondary N) is 2. The average molecular weight is 343 g/mol. The van der Waals surface area contributed by atoms with Crippen molar-refractivity contribution >= 4 is 17.3 Å². The van der Waals surface area contributed by atoms with E-state index in [0.29, 0.717) is 18.0 Å². The summed E-state index contributed by atoms with van der Waals surface area (Å²) in [5.74, 6) is 0.567. The first-order valence-electron chi connectivity index (χ1n) is 7.92. The van der Waals surface area contributed by atoms with E-state index in [1.54, 1.807) is 25.3 Å². The van der Waals surface area contributed by atoms with Crippen LogP contribution in [0.4, 0.5) is 11.4 Å². The normalized spacial score (nSPS) is 11.4. The van der Waals surface area contributed by atoms with Gasteiger partial charge < -0.3 is 15.4 Å². The van der Waals surface area contributed by atoms with Crippen molar-refractivity contribution in [3.63, 3.8) is 0 Å². The van der Waals surface area contributed by atoms with Crippen LogP contribution in [0.1, 0.15) is 24.9 Å². The maximum Gasteiger partial charge on any atom is 0.292 e. The molecule has 2 N–H and O–H groups in total. The number of rotatable bonds is 8. The zero-order chi connectivity index (χ0) is 18.2. The molecule has 1 unspecified atom stereocenters. The summed E-state index contributed by atoms with van der Waals surface area (Å²) >= 11 is 0. The SMILES string of the molecule is COc1ccccc1C(C)NC(=O)CCNc1ccccc1[N+](=O)[O-]. The van der Waals surface area contributed by atoms with E-state index in [-0.39, 0.29) is 24.1 Å². The molecule has 0 saturated carbocycles. The van der Waals surface area contributed by atoms with Gasteiger partial charge in [0.2, 0.25) is 5.91 Å². The highest BCUT2D eigenvalue weighted by molar-refractivity contribution is 5.77. The largest absolute Gasteiger partial charge is 0.496 e. The molecule has 0 aliphatic carbocycles. The second-order valence-corrected chi connectivity index (χ2v) is 5.48. The van der Waals surface area contributed by atoms with E-state index in [4.69, 9.17) is 4.74 Å². The van der Waals surface area contributed by atoms with Crippen LogP contribution in [0.3, 0.4) is 0 Å². The minimum atomic E-state index is -0.452. The number of nitrogens with zero attached hydrogens (tertiary/aromatic N) is 1. The Bertz CT molecular complexity index is 749. The first kappa shape index (κ1) is 18.3. The predicted molar refractivity (Wildman–Crippen MR) is 95.8 cm³/mol. The molecule has 2 aromatic carbocycles. The molecule has 0 radical (unpaired) electrons. The summed E-state index contributed by atoms with van der Waals surface area (Å²) < 4.78 is 5.30. The Morgan fingerprint density at radius 2 is 1.88 bits per heavy atom. The number of hydrogen-bond acceptors (Lipinski definition) is 5. The zero-order valence-electron chi connectivity index (χ0n) is 14.2. The smallest absolute Gasteiger partial charge is 0.292 e. The Morgan fingerprint density at radius 1 is 1.20 bits per heavy atom. The molecule has 0 aliphatic rings. The van der Waals surface area contributed by atoms with Gasteiger partial charge >= 0.3 is 0 Å². The number of carbonyl (C=O) groups excluding carboxylic acids is 1. The summed E-state index contributed by atoms with van der Waals surface area (Å²) in [4.78, 5) is 22.6. The molecule has 1 atom stereocenters. The van der Waals surface area contributed by atoms with E-state index in [0.717, 1.165) is 5.56 Å². The number of para-hydroxylation sites is 3. The van der Waals surface area contributed by atoms with Gasteiger partial charge in [-0.1, -0.05) is 30.3 Å². The van der Waals surface area contributed by atoms with Crippen LogP contribution in [0.15, 0.2) is 48.5 Å².